The average Bonchev–Trinajstić information content (AvgIpc) is 2.78. The Hall–Kier alpha value is -3.65. The van der Waals surface area contributed by atoms with E-state index >= 15 is 0 Å². The van der Waals surface area contributed by atoms with Crippen molar-refractivity contribution in [2.24, 2.45) is 10.7 Å². The Morgan fingerprint density at radius 3 is 2.19 bits per heavy atom. The summed E-state index contributed by atoms with van der Waals surface area (Å²) in [7, 11) is 1.61. The number of nitrogens with two attached hydrogens (primary N) is 1. The Balaban J connectivity index is 1.81. The molecule has 3 N–H and O–H groups in total. The van der Waals surface area contributed by atoms with E-state index in [9.17, 15) is 9.59 Å². The van der Waals surface area contributed by atoms with E-state index in [2.05, 4.69) is 20.9 Å². The zero-order valence-electron chi connectivity index (χ0n) is 16.5. The molecular weight excluding hydrogens is 464 g/mol. The number of hydrogen-bond acceptors (Lipinski definition) is 4. The second-order valence-electron chi connectivity index (χ2n) is 6.43. The molecule has 7 nitrogen and oxygen atoms in total. The summed E-state index contributed by atoms with van der Waals surface area (Å²) < 4.78 is 11.1. The Bertz CT molecular complexity index is 1130. The van der Waals surface area contributed by atoms with Crippen LogP contribution in [-0.2, 0) is 4.79 Å². The van der Waals surface area contributed by atoms with Gasteiger partial charge in [-0.25, -0.2) is 4.79 Å². The van der Waals surface area contributed by atoms with Crippen molar-refractivity contribution in [3.05, 3.63) is 82.3 Å². The van der Waals surface area contributed by atoms with E-state index in [0.717, 1.165) is 16.9 Å². The molecule has 0 unspecified atom stereocenters. The fourth-order valence-corrected chi connectivity index (χ4v) is 3.15. The third-order valence-electron chi connectivity index (χ3n) is 4.35. The molecule has 3 aromatic rings. The lowest BCUT2D eigenvalue weighted by atomic mass is 10.0. The largest absolute Gasteiger partial charge is 0.497 e. The molecule has 0 saturated heterocycles. The SMILES string of the molecule is COc1ccc(-c2ccc(C(=O)N=C(N)c3cc(Br)ccc3OCC(=O)O)cc2)cc1. The number of aliphatic carboxylic acids is 1. The van der Waals surface area contributed by atoms with E-state index in [1.807, 2.05) is 36.4 Å². The number of ether oxygens (including phenoxy) is 2. The van der Waals surface area contributed by atoms with Crippen molar-refractivity contribution >= 4 is 33.6 Å². The predicted octanol–water partition coefficient (Wildman–Crippen LogP) is 4.13. The summed E-state index contributed by atoms with van der Waals surface area (Å²) in [6, 6.07) is 19.4. The minimum atomic E-state index is -1.13. The Kier molecular flexibility index (Phi) is 7.04. The summed E-state index contributed by atoms with van der Waals surface area (Å²) >= 11 is 3.32. The summed E-state index contributed by atoms with van der Waals surface area (Å²) in [6.07, 6.45) is 0. The Morgan fingerprint density at radius 1 is 1.00 bits per heavy atom. The molecule has 0 bridgehead atoms. The maximum atomic E-state index is 12.6. The highest BCUT2D eigenvalue weighted by Gasteiger charge is 2.13. The van der Waals surface area contributed by atoms with Crippen LogP contribution in [0.4, 0.5) is 0 Å². The normalized spacial score (nSPS) is 11.1. The number of carbonyl (C=O) groups is 2. The first-order chi connectivity index (χ1) is 14.9. The standard InChI is InChI=1S/C23H19BrN2O5/c1-30-18-9-6-15(7-10-18)14-2-4-16(5-3-14)23(29)26-22(25)19-12-17(24)8-11-20(19)31-13-21(27)28/h2-12H,13H2,1H3,(H,27,28)(H2,25,26,29). The molecule has 0 fully saturated rings. The van der Waals surface area contributed by atoms with Gasteiger partial charge in [0, 0.05) is 10.0 Å². The molecule has 3 aromatic carbocycles. The fourth-order valence-electron chi connectivity index (χ4n) is 2.79. The maximum absolute atomic E-state index is 12.6. The number of aliphatic imine (C=N–C) groups is 1. The molecule has 0 saturated carbocycles. The predicted molar refractivity (Wildman–Crippen MR) is 121 cm³/mol. The highest BCUT2D eigenvalue weighted by molar-refractivity contribution is 9.10. The van der Waals surface area contributed by atoms with Crippen LogP contribution in [0.3, 0.4) is 0 Å². The molecule has 0 atom stereocenters. The molecule has 0 heterocycles. The molecule has 0 aromatic heterocycles. The van der Waals surface area contributed by atoms with Crippen LogP contribution in [0.15, 0.2) is 76.2 Å². The molecule has 0 aliphatic rings. The number of carbonyl (C=O) groups excluding carboxylic acids is 1. The first-order valence-corrected chi connectivity index (χ1v) is 9.94. The highest BCUT2D eigenvalue weighted by Crippen LogP contribution is 2.25. The van der Waals surface area contributed by atoms with Gasteiger partial charge in [0.2, 0.25) is 0 Å². The summed E-state index contributed by atoms with van der Waals surface area (Å²) in [6.45, 7) is -0.539. The van der Waals surface area contributed by atoms with E-state index in [1.165, 1.54) is 0 Å². The van der Waals surface area contributed by atoms with Crippen LogP contribution in [0.2, 0.25) is 0 Å². The van der Waals surface area contributed by atoms with Gasteiger partial charge in [-0.1, -0.05) is 40.2 Å². The average molecular weight is 483 g/mol. The zero-order chi connectivity index (χ0) is 22.4. The summed E-state index contributed by atoms with van der Waals surface area (Å²) in [4.78, 5) is 27.3. The number of methoxy groups -OCH3 is 1. The van der Waals surface area contributed by atoms with Crippen LogP contribution in [0.5, 0.6) is 11.5 Å². The molecule has 0 aliphatic heterocycles. The minimum absolute atomic E-state index is 0.0779. The quantitative estimate of drug-likeness (QED) is 0.386. The maximum Gasteiger partial charge on any atom is 0.341 e. The van der Waals surface area contributed by atoms with Gasteiger partial charge in [-0.3, -0.25) is 4.79 Å². The van der Waals surface area contributed by atoms with Gasteiger partial charge in [0.05, 0.1) is 12.7 Å². The van der Waals surface area contributed by atoms with Gasteiger partial charge in [-0.2, -0.15) is 4.99 Å². The second kappa shape index (κ2) is 9.90. The number of halogens is 1. The molecule has 1 amide bonds. The number of rotatable bonds is 7. The van der Waals surface area contributed by atoms with Gasteiger partial charge in [0.25, 0.3) is 5.91 Å². The van der Waals surface area contributed by atoms with Crippen molar-refractivity contribution in [1.82, 2.24) is 0 Å². The lowest BCUT2D eigenvalue weighted by molar-refractivity contribution is -0.139. The van der Waals surface area contributed by atoms with E-state index < -0.39 is 18.5 Å². The molecule has 0 spiro atoms. The first kappa shape index (κ1) is 22.0. The summed E-state index contributed by atoms with van der Waals surface area (Å²) in [5.74, 6) is -0.750. The second-order valence-corrected chi connectivity index (χ2v) is 7.35. The molecule has 3 rings (SSSR count). The van der Waals surface area contributed by atoms with E-state index in [-0.39, 0.29) is 11.6 Å². The number of carboxylic acids is 1. The van der Waals surface area contributed by atoms with Crippen LogP contribution >= 0.6 is 15.9 Å². The zero-order valence-corrected chi connectivity index (χ0v) is 18.1. The minimum Gasteiger partial charge on any atom is -0.497 e. The van der Waals surface area contributed by atoms with Crippen molar-refractivity contribution in [2.75, 3.05) is 13.7 Å². The van der Waals surface area contributed by atoms with Crippen LogP contribution in [-0.4, -0.2) is 36.5 Å². The lowest BCUT2D eigenvalue weighted by Gasteiger charge is -2.10. The van der Waals surface area contributed by atoms with Gasteiger partial charge in [-0.05, 0) is 53.6 Å². The van der Waals surface area contributed by atoms with Crippen molar-refractivity contribution in [2.45, 2.75) is 0 Å². The van der Waals surface area contributed by atoms with Crippen molar-refractivity contribution in [3.8, 4) is 22.6 Å². The Morgan fingerprint density at radius 2 is 1.61 bits per heavy atom. The number of hydrogen-bond donors (Lipinski definition) is 2. The van der Waals surface area contributed by atoms with Crippen LogP contribution in [0.1, 0.15) is 15.9 Å². The topological polar surface area (TPSA) is 111 Å². The monoisotopic (exact) mass is 482 g/mol. The third kappa shape index (κ3) is 5.70. The van der Waals surface area contributed by atoms with E-state index in [1.54, 1.807) is 37.4 Å². The van der Waals surface area contributed by atoms with Crippen molar-refractivity contribution < 1.29 is 24.2 Å². The number of amides is 1. The molecule has 0 radical (unpaired) electrons. The summed E-state index contributed by atoms with van der Waals surface area (Å²) in [5.41, 5.74) is 8.63. The number of benzene rings is 3. The van der Waals surface area contributed by atoms with Crippen LogP contribution in [0, 0.1) is 0 Å². The smallest absolute Gasteiger partial charge is 0.341 e. The molecule has 8 heteroatoms. The van der Waals surface area contributed by atoms with Crippen LogP contribution in [0.25, 0.3) is 11.1 Å². The fraction of sp³-hybridized carbons (Fsp3) is 0.0870. The van der Waals surface area contributed by atoms with E-state index in [0.29, 0.717) is 15.6 Å². The third-order valence-corrected chi connectivity index (χ3v) is 4.84. The molecular formula is C23H19BrN2O5. The van der Waals surface area contributed by atoms with Crippen molar-refractivity contribution in [3.63, 3.8) is 0 Å². The summed E-state index contributed by atoms with van der Waals surface area (Å²) in [5, 5.41) is 8.83. The number of carboxylic acid groups (broad SMARTS) is 1. The van der Waals surface area contributed by atoms with Crippen molar-refractivity contribution in [1.29, 1.82) is 0 Å². The highest BCUT2D eigenvalue weighted by atomic mass is 79.9. The van der Waals surface area contributed by atoms with Gasteiger partial charge in [0.15, 0.2) is 6.61 Å². The molecule has 31 heavy (non-hydrogen) atoms. The van der Waals surface area contributed by atoms with Gasteiger partial charge in [-0.15, -0.1) is 0 Å². The first-order valence-electron chi connectivity index (χ1n) is 9.15. The van der Waals surface area contributed by atoms with Gasteiger partial charge in [0.1, 0.15) is 17.3 Å². The van der Waals surface area contributed by atoms with E-state index in [4.69, 9.17) is 20.3 Å². The molecule has 0 aliphatic carbocycles. The number of amidine groups is 1. The molecule has 158 valence electrons. The number of nitrogens with zero attached hydrogens (tertiary/aromatic N) is 1. The van der Waals surface area contributed by atoms with Crippen LogP contribution < -0.4 is 15.2 Å². The van der Waals surface area contributed by atoms with Gasteiger partial charge >= 0.3 is 5.97 Å². The van der Waals surface area contributed by atoms with Gasteiger partial charge < -0.3 is 20.3 Å². The Labute approximate surface area is 187 Å². The lowest BCUT2D eigenvalue weighted by Crippen LogP contribution is -2.19.